The standard InChI is InChI=1S/C13H16BrNO/c1-13(2)9-15(8-7-12(13)16)11-5-3-10(14)4-6-11/h3-6H,7-9H2,1-2H3. The molecule has 0 atom stereocenters. The van der Waals surface area contributed by atoms with Crippen LogP contribution in [-0.4, -0.2) is 18.9 Å². The van der Waals surface area contributed by atoms with Gasteiger partial charge in [0.15, 0.2) is 0 Å². The fourth-order valence-corrected chi connectivity index (χ4v) is 2.36. The molecule has 2 nitrogen and oxygen atoms in total. The van der Waals surface area contributed by atoms with Crippen molar-refractivity contribution in [3.8, 4) is 0 Å². The topological polar surface area (TPSA) is 20.3 Å². The van der Waals surface area contributed by atoms with Crippen LogP contribution < -0.4 is 4.90 Å². The van der Waals surface area contributed by atoms with E-state index in [0.29, 0.717) is 12.2 Å². The molecule has 1 aliphatic rings. The van der Waals surface area contributed by atoms with Crippen LogP contribution in [0.25, 0.3) is 0 Å². The van der Waals surface area contributed by atoms with Crippen LogP contribution in [0.5, 0.6) is 0 Å². The Hall–Kier alpha value is -0.830. The highest BCUT2D eigenvalue weighted by atomic mass is 79.9. The van der Waals surface area contributed by atoms with Crippen LogP contribution in [0.4, 0.5) is 5.69 Å². The summed E-state index contributed by atoms with van der Waals surface area (Å²) in [6, 6.07) is 8.27. The van der Waals surface area contributed by atoms with Crippen molar-refractivity contribution in [1.82, 2.24) is 0 Å². The van der Waals surface area contributed by atoms with E-state index in [1.165, 1.54) is 5.69 Å². The summed E-state index contributed by atoms with van der Waals surface area (Å²) in [4.78, 5) is 14.0. The molecular weight excluding hydrogens is 266 g/mol. The monoisotopic (exact) mass is 281 g/mol. The number of anilines is 1. The number of Topliss-reactive ketones (excluding diaryl/α,β-unsaturated/α-hetero) is 1. The van der Waals surface area contributed by atoms with Gasteiger partial charge in [0.25, 0.3) is 0 Å². The Morgan fingerprint density at radius 1 is 1.25 bits per heavy atom. The van der Waals surface area contributed by atoms with Gasteiger partial charge in [0, 0.05) is 35.1 Å². The van der Waals surface area contributed by atoms with E-state index in [-0.39, 0.29) is 5.41 Å². The van der Waals surface area contributed by atoms with Crippen molar-refractivity contribution >= 4 is 27.4 Å². The van der Waals surface area contributed by atoms with Crippen molar-refractivity contribution in [3.05, 3.63) is 28.7 Å². The normalized spacial score (nSPS) is 19.9. The van der Waals surface area contributed by atoms with Crippen molar-refractivity contribution in [1.29, 1.82) is 0 Å². The molecule has 0 radical (unpaired) electrons. The third kappa shape index (κ3) is 2.29. The minimum Gasteiger partial charge on any atom is -0.370 e. The van der Waals surface area contributed by atoms with Gasteiger partial charge in [-0.1, -0.05) is 29.8 Å². The Bertz CT molecular complexity index is 397. The van der Waals surface area contributed by atoms with Crippen molar-refractivity contribution in [3.63, 3.8) is 0 Å². The van der Waals surface area contributed by atoms with Crippen LogP contribution >= 0.6 is 15.9 Å². The SMILES string of the molecule is CC1(C)CN(c2ccc(Br)cc2)CCC1=O. The fraction of sp³-hybridized carbons (Fsp3) is 0.462. The number of carbonyl (C=O) groups is 1. The Balaban J connectivity index is 2.18. The summed E-state index contributed by atoms with van der Waals surface area (Å²) in [5.74, 6) is 0.376. The first-order chi connectivity index (χ1) is 7.49. The number of piperidine rings is 1. The Kier molecular flexibility index (Phi) is 3.06. The smallest absolute Gasteiger partial charge is 0.142 e. The predicted molar refractivity (Wildman–Crippen MR) is 69.8 cm³/mol. The van der Waals surface area contributed by atoms with E-state index >= 15 is 0 Å². The molecule has 1 saturated heterocycles. The number of hydrogen-bond donors (Lipinski definition) is 0. The number of nitrogens with zero attached hydrogens (tertiary/aromatic N) is 1. The molecule has 3 heteroatoms. The number of carbonyl (C=O) groups excluding carboxylic acids is 1. The molecule has 0 unspecified atom stereocenters. The van der Waals surface area contributed by atoms with Crippen LogP contribution in [0, 0.1) is 5.41 Å². The molecule has 0 spiro atoms. The molecule has 0 amide bonds. The maximum atomic E-state index is 11.7. The highest BCUT2D eigenvalue weighted by Crippen LogP contribution is 2.29. The third-order valence-electron chi connectivity index (χ3n) is 3.14. The first-order valence-electron chi connectivity index (χ1n) is 5.53. The summed E-state index contributed by atoms with van der Waals surface area (Å²) in [6.07, 6.45) is 0.656. The highest BCUT2D eigenvalue weighted by molar-refractivity contribution is 9.10. The predicted octanol–water partition coefficient (Wildman–Crippen LogP) is 3.25. The molecule has 0 aliphatic carbocycles. The average molecular weight is 282 g/mol. The molecule has 0 aromatic heterocycles. The Labute approximate surface area is 105 Å². The largest absolute Gasteiger partial charge is 0.370 e. The Morgan fingerprint density at radius 2 is 1.88 bits per heavy atom. The molecule has 0 saturated carbocycles. The molecule has 1 heterocycles. The number of halogens is 1. The van der Waals surface area contributed by atoms with E-state index in [2.05, 4.69) is 33.0 Å². The molecule has 1 aliphatic heterocycles. The second-order valence-corrected chi connectivity index (χ2v) is 5.87. The van der Waals surface area contributed by atoms with Crippen LogP contribution in [0.15, 0.2) is 28.7 Å². The average Bonchev–Trinajstić information content (AvgIpc) is 2.23. The van der Waals surface area contributed by atoms with Crippen molar-refractivity contribution < 1.29 is 4.79 Å². The molecule has 1 aromatic rings. The van der Waals surface area contributed by atoms with Gasteiger partial charge in [-0.15, -0.1) is 0 Å². The lowest BCUT2D eigenvalue weighted by molar-refractivity contribution is -0.127. The zero-order valence-corrected chi connectivity index (χ0v) is 11.3. The molecule has 2 rings (SSSR count). The lowest BCUT2D eigenvalue weighted by Crippen LogP contribution is -2.46. The molecule has 1 fully saturated rings. The van der Waals surface area contributed by atoms with E-state index in [1.807, 2.05) is 26.0 Å². The quantitative estimate of drug-likeness (QED) is 0.788. The van der Waals surface area contributed by atoms with Gasteiger partial charge in [0.05, 0.1) is 0 Å². The summed E-state index contributed by atoms with van der Waals surface area (Å²) in [5.41, 5.74) is 0.981. The van der Waals surface area contributed by atoms with Gasteiger partial charge in [-0.3, -0.25) is 4.79 Å². The first kappa shape index (κ1) is 11.6. The number of benzene rings is 1. The number of ketones is 1. The minimum absolute atomic E-state index is 0.217. The lowest BCUT2D eigenvalue weighted by Gasteiger charge is -2.38. The van der Waals surface area contributed by atoms with Gasteiger partial charge < -0.3 is 4.90 Å². The van der Waals surface area contributed by atoms with E-state index < -0.39 is 0 Å². The van der Waals surface area contributed by atoms with Crippen molar-refractivity contribution in [2.45, 2.75) is 20.3 Å². The maximum absolute atomic E-state index is 11.7. The molecule has 0 bridgehead atoms. The number of rotatable bonds is 1. The van der Waals surface area contributed by atoms with E-state index in [4.69, 9.17) is 0 Å². The fourth-order valence-electron chi connectivity index (χ4n) is 2.09. The second-order valence-electron chi connectivity index (χ2n) is 4.96. The maximum Gasteiger partial charge on any atom is 0.142 e. The lowest BCUT2D eigenvalue weighted by atomic mass is 9.82. The summed E-state index contributed by atoms with van der Waals surface area (Å²) < 4.78 is 1.09. The van der Waals surface area contributed by atoms with Gasteiger partial charge in [-0.2, -0.15) is 0 Å². The third-order valence-corrected chi connectivity index (χ3v) is 3.67. The summed E-state index contributed by atoms with van der Waals surface area (Å²) in [5, 5.41) is 0. The zero-order chi connectivity index (χ0) is 11.8. The van der Waals surface area contributed by atoms with E-state index in [0.717, 1.165) is 17.6 Å². The molecular formula is C13H16BrNO. The summed E-state index contributed by atoms with van der Waals surface area (Å²) >= 11 is 3.43. The first-order valence-corrected chi connectivity index (χ1v) is 6.32. The molecule has 1 aromatic carbocycles. The summed E-state index contributed by atoms with van der Waals surface area (Å²) in [7, 11) is 0. The Morgan fingerprint density at radius 3 is 2.44 bits per heavy atom. The van der Waals surface area contributed by atoms with Gasteiger partial charge in [0.1, 0.15) is 5.78 Å². The van der Waals surface area contributed by atoms with Crippen LogP contribution in [0.2, 0.25) is 0 Å². The van der Waals surface area contributed by atoms with Crippen molar-refractivity contribution in [2.24, 2.45) is 5.41 Å². The van der Waals surface area contributed by atoms with Gasteiger partial charge in [0.2, 0.25) is 0 Å². The molecule has 16 heavy (non-hydrogen) atoms. The van der Waals surface area contributed by atoms with Crippen LogP contribution in [0.1, 0.15) is 20.3 Å². The van der Waals surface area contributed by atoms with Crippen molar-refractivity contribution in [2.75, 3.05) is 18.0 Å². The zero-order valence-electron chi connectivity index (χ0n) is 9.66. The van der Waals surface area contributed by atoms with E-state index in [9.17, 15) is 4.79 Å². The molecule has 86 valence electrons. The van der Waals surface area contributed by atoms with Gasteiger partial charge in [-0.25, -0.2) is 0 Å². The highest BCUT2D eigenvalue weighted by Gasteiger charge is 2.34. The van der Waals surface area contributed by atoms with E-state index in [1.54, 1.807) is 0 Å². The number of hydrogen-bond acceptors (Lipinski definition) is 2. The molecule has 0 N–H and O–H groups in total. The second kappa shape index (κ2) is 4.21. The summed E-state index contributed by atoms with van der Waals surface area (Å²) in [6.45, 7) is 5.71. The van der Waals surface area contributed by atoms with Gasteiger partial charge >= 0.3 is 0 Å². The van der Waals surface area contributed by atoms with Crippen LogP contribution in [-0.2, 0) is 4.79 Å². The van der Waals surface area contributed by atoms with Crippen LogP contribution in [0.3, 0.4) is 0 Å². The van der Waals surface area contributed by atoms with Gasteiger partial charge in [-0.05, 0) is 24.3 Å². The minimum atomic E-state index is -0.217.